The van der Waals surface area contributed by atoms with Crippen LogP contribution in [0.4, 0.5) is 0 Å². The van der Waals surface area contributed by atoms with Crippen LogP contribution in [-0.2, 0) is 27.9 Å². The van der Waals surface area contributed by atoms with Crippen LogP contribution < -0.4 is 5.32 Å². The predicted molar refractivity (Wildman–Crippen MR) is 286 cm³/mol. The van der Waals surface area contributed by atoms with Crippen LogP contribution in [0.15, 0.2) is 36.5 Å². The van der Waals surface area contributed by atoms with E-state index in [1.54, 1.807) is 0 Å². The van der Waals surface area contributed by atoms with Crippen molar-refractivity contribution in [2.45, 2.75) is 277 Å². The number of ether oxygens (including phenoxy) is 1. The van der Waals surface area contributed by atoms with Gasteiger partial charge in [0.2, 0.25) is 5.91 Å². The van der Waals surface area contributed by atoms with E-state index >= 15 is 0 Å². The number of likely N-dealkylation sites (N-methyl/N-ethyl adjacent to an activating group) is 1. The first-order valence-corrected chi connectivity index (χ1v) is 29.8. The summed E-state index contributed by atoms with van der Waals surface area (Å²) in [4.78, 5) is 37.5. The van der Waals surface area contributed by atoms with Crippen molar-refractivity contribution in [1.82, 2.24) is 5.32 Å². The summed E-state index contributed by atoms with van der Waals surface area (Å²) in [6, 6.07) is -0.864. The van der Waals surface area contributed by atoms with Gasteiger partial charge in [0, 0.05) is 12.8 Å². The van der Waals surface area contributed by atoms with Crippen LogP contribution in [0.2, 0.25) is 0 Å². The predicted octanol–water partition coefficient (Wildman–Crippen LogP) is 16.8. The summed E-state index contributed by atoms with van der Waals surface area (Å²) in [5, 5.41) is 3.03. The molecule has 0 aliphatic heterocycles. The third-order valence-corrected chi connectivity index (χ3v) is 13.6. The topological polar surface area (TPSA) is 111 Å². The second-order valence-electron chi connectivity index (χ2n) is 20.5. The molecule has 0 aromatic heterocycles. The van der Waals surface area contributed by atoms with Gasteiger partial charge in [-0.1, -0.05) is 237 Å². The van der Waals surface area contributed by atoms with Gasteiger partial charge in [0.1, 0.15) is 19.3 Å². The zero-order valence-corrected chi connectivity index (χ0v) is 45.8. The lowest BCUT2D eigenvalue weighted by Gasteiger charge is -2.27. The minimum atomic E-state index is -4.45. The summed E-state index contributed by atoms with van der Waals surface area (Å²) in [5.74, 6) is -0.575. The Morgan fingerprint density at radius 2 is 0.925 bits per heavy atom. The van der Waals surface area contributed by atoms with Crippen LogP contribution in [0, 0.1) is 0 Å². The quantitative estimate of drug-likeness (QED) is 0.0205. The van der Waals surface area contributed by atoms with Crippen molar-refractivity contribution < 1.29 is 37.3 Å². The summed E-state index contributed by atoms with van der Waals surface area (Å²) < 4.78 is 30.5. The van der Waals surface area contributed by atoms with Crippen molar-refractivity contribution >= 4 is 19.7 Å². The van der Waals surface area contributed by atoms with Crippen LogP contribution in [0.5, 0.6) is 0 Å². The molecule has 0 aromatic rings. The maximum atomic E-state index is 13.5. The normalized spacial score (nSPS) is 14.1. The average molecular weight is 966 g/mol. The Kier molecular flexibility index (Phi) is 46.6. The average Bonchev–Trinajstić information content (AvgIpc) is 3.28. The summed E-state index contributed by atoms with van der Waals surface area (Å²) in [7, 11) is 1.48. The van der Waals surface area contributed by atoms with Crippen molar-refractivity contribution in [1.29, 1.82) is 0 Å². The fourth-order valence-electron chi connectivity index (χ4n) is 8.17. The molecule has 1 amide bonds. The van der Waals surface area contributed by atoms with E-state index in [2.05, 4.69) is 44.3 Å². The number of unbranched alkanes of at least 4 members (excludes halogenated alkanes) is 31. The minimum Gasteiger partial charge on any atom is -0.456 e. The van der Waals surface area contributed by atoms with Crippen LogP contribution in [0.3, 0.4) is 0 Å². The number of nitrogens with one attached hydrogen (secondary N) is 1. The molecular weight excluding hydrogens is 856 g/mol. The number of quaternary nitrogens is 1. The van der Waals surface area contributed by atoms with Gasteiger partial charge in [-0.25, -0.2) is 4.57 Å². The lowest BCUT2D eigenvalue weighted by molar-refractivity contribution is -0.870. The third-order valence-electron chi connectivity index (χ3n) is 12.6. The van der Waals surface area contributed by atoms with Gasteiger partial charge in [0.25, 0.3) is 0 Å². The first-order chi connectivity index (χ1) is 32.4. The number of carbonyl (C=O) groups is 2. The summed E-state index contributed by atoms with van der Waals surface area (Å²) in [6.45, 7) is 6.98. The summed E-state index contributed by atoms with van der Waals surface area (Å²) >= 11 is 0. The Morgan fingerprint density at radius 3 is 1.37 bits per heavy atom. The van der Waals surface area contributed by atoms with Crippen molar-refractivity contribution in [2.24, 2.45) is 0 Å². The zero-order valence-electron chi connectivity index (χ0n) is 44.9. The van der Waals surface area contributed by atoms with Gasteiger partial charge in [-0.2, -0.15) is 0 Å². The van der Waals surface area contributed by atoms with Crippen molar-refractivity contribution in [3.8, 4) is 0 Å². The number of hydrogen-bond acceptors (Lipinski definition) is 6. The number of phosphoric acid groups is 1. The van der Waals surface area contributed by atoms with Crippen LogP contribution in [0.1, 0.15) is 265 Å². The van der Waals surface area contributed by atoms with Crippen LogP contribution >= 0.6 is 7.82 Å². The van der Waals surface area contributed by atoms with Gasteiger partial charge >= 0.3 is 13.8 Å². The molecule has 0 spiro atoms. The molecular formula is C57H110N2O7P+. The smallest absolute Gasteiger partial charge is 0.456 e. The van der Waals surface area contributed by atoms with Gasteiger partial charge in [0.05, 0.1) is 33.8 Å². The molecule has 10 heteroatoms. The van der Waals surface area contributed by atoms with E-state index in [9.17, 15) is 19.0 Å². The molecule has 3 unspecified atom stereocenters. The van der Waals surface area contributed by atoms with E-state index in [1.165, 1.54) is 173 Å². The van der Waals surface area contributed by atoms with Crippen molar-refractivity contribution in [3.05, 3.63) is 36.5 Å². The molecule has 0 aliphatic rings. The molecule has 9 nitrogen and oxygen atoms in total. The van der Waals surface area contributed by atoms with Crippen molar-refractivity contribution in [2.75, 3.05) is 40.9 Å². The minimum absolute atomic E-state index is 0.0348. The highest BCUT2D eigenvalue weighted by atomic mass is 31.2. The Balaban J connectivity index is 5.35. The van der Waals surface area contributed by atoms with E-state index in [0.717, 1.165) is 51.4 Å². The van der Waals surface area contributed by atoms with Crippen LogP contribution in [0.25, 0.3) is 0 Å². The standard InChI is InChI=1S/C57H109N2O7P/c1-7-10-13-16-19-22-25-27-28-29-30-32-34-37-40-43-46-49-56(60)58-54(53-65-67(62,63)64-52-51-59(4,5)6)55(48-45-42-39-36-33-24-21-18-15-12-9-3)66-57(61)50-47-44-41-38-35-31-26-23-20-17-14-11-8-2/h31,35,41,44-45,48,54-55H,7-30,32-34,36-40,42-43,46-47,49-53H2,1-6H3,(H-,58,60,62,63)/p+1/b35-31-,44-41+,48-45+. The Morgan fingerprint density at radius 1 is 0.522 bits per heavy atom. The van der Waals surface area contributed by atoms with E-state index in [0.29, 0.717) is 23.9 Å². The SMILES string of the molecule is CCCCCCCC/C=C\C/C=C/CCC(=O)OC(/C=C/CCCCCCCCCCC)C(COP(=O)(O)OCC[N+](C)(C)C)NC(=O)CCCCCCCCCCCCCCCCCCC. The molecule has 0 aromatic carbocycles. The molecule has 3 atom stereocenters. The number of hydrogen-bond donors (Lipinski definition) is 2. The molecule has 0 aliphatic carbocycles. The van der Waals surface area contributed by atoms with Gasteiger partial charge in [0.15, 0.2) is 0 Å². The molecule has 0 radical (unpaired) electrons. The number of phosphoric ester groups is 1. The Bertz CT molecular complexity index is 1250. The lowest BCUT2D eigenvalue weighted by atomic mass is 10.0. The van der Waals surface area contributed by atoms with E-state index in [4.69, 9.17) is 13.8 Å². The Labute approximate surface area is 415 Å². The molecule has 0 heterocycles. The van der Waals surface area contributed by atoms with E-state index in [-0.39, 0.29) is 31.5 Å². The summed E-state index contributed by atoms with van der Waals surface area (Å²) in [5.41, 5.74) is 0. The molecule has 0 fully saturated rings. The van der Waals surface area contributed by atoms with Gasteiger partial charge in [-0.15, -0.1) is 0 Å². The molecule has 0 saturated heterocycles. The molecule has 0 rings (SSSR count). The van der Waals surface area contributed by atoms with Crippen LogP contribution in [-0.4, -0.2) is 74.3 Å². The largest absolute Gasteiger partial charge is 0.472 e. The van der Waals surface area contributed by atoms with E-state index < -0.39 is 20.0 Å². The zero-order chi connectivity index (χ0) is 49.4. The highest BCUT2D eigenvalue weighted by Gasteiger charge is 2.30. The Hall–Kier alpha value is -1.77. The number of esters is 1. The molecule has 67 heavy (non-hydrogen) atoms. The first kappa shape index (κ1) is 65.2. The summed E-state index contributed by atoms with van der Waals surface area (Å²) in [6.07, 6.45) is 55.8. The number of amides is 1. The monoisotopic (exact) mass is 966 g/mol. The molecule has 0 saturated carbocycles. The number of rotatable bonds is 51. The lowest BCUT2D eigenvalue weighted by Crippen LogP contribution is -2.47. The van der Waals surface area contributed by atoms with Gasteiger partial charge in [-0.3, -0.25) is 18.6 Å². The second-order valence-corrected chi connectivity index (χ2v) is 21.9. The van der Waals surface area contributed by atoms with Gasteiger partial charge in [-0.05, 0) is 51.0 Å². The highest BCUT2D eigenvalue weighted by Crippen LogP contribution is 2.43. The maximum absolute atomic E-state index is 13.5. The van der Waals surface area contributed by atoms with Crippen molar-refractivity contribution in [3.63, 3.8) is 0 Å². The fraction of sp³-hybridized carbons (Fsp3) is 0.860. The second kappa shape index (κ2) is 47.9. The fourth-order valence-corrected chi connectivity index (χ4v) is 8.91. The third kappa shape index (κ3) is 49.0. The number of allylic oxidation sites excluding steroid dienone is 5. The maximum Gasteiger partial charge on any atom is 0.472 e. The highest BCUT2D eigenvalue weighted by molar-refractivity contribution is 7.47. The molecule has 2 N–H and O–H groups in total. The van der Waals surface area contributed by atoms with Gasteiger partial charge < -0.3 is 19.4 Å². The molecule has 0 bridgehead atoms. The number of nitrogens with zero attached hydrogens (tertiary/aromatic N) is 1. The molecule has 394 valence electrons. The van der Waals surface area contributed by atoms with E-state index in [1.807, 2.05) is 39.4 Å². The first-order valence-electron chi connectivity index (χ1n) is 28.3. The number of carbonyl (C=O) groups excluding carboxylic acids is 2.